The van der Waals surface area contributed by atoms with Crippen molar-refractivity contribution in [3.63, 3.8) is 0 Å². The molecule has 1 saturated heterocycles. The third-order valence-electron chi connectivity index (χ3n) is 3.43. The van der Waals surface area contributed by atoms with E-state index in [9.17, 15) is 4.79 Å². The van der Waals surface area contributed by atoms with E-state index in [2.05, 4.69) is 31.7 Å². The predicted octanol–water partition coefficient (Wildman–Crippen LogP) is 1.62. The monoisotopic (exact) mass is 364 g/mol. The number of benzene rings is 1. The number of amides is 1. The van der Waals surface area contributed by atoms with Crippen molar-refractivity contribution >= 4 is 27.7 Å². The zero-order valence-electron chi connectivity index (χ0n) is 12.0. The topological polar surface area (TPSA) is 68.2 Å². The first kappa shape index (κ1) is 15.2. The fourth-order valence-electron chi connectivity index (χ4n) is 2.27. The molecule has 1 amide bonds. The number of halogens is 1. The minimum Gasteiger partial charge on any atom is -0.366 e. The van der Waals surface area contributed by atoms with Crippen LogP contribution in [0.4, 0.5) is 5.82 Å². The van der Waals surface area contributed by atoms with Crippen molar-refractivity contribution in [1.82, 2.24) is 15.1 Å². The molecule has 22 heavy (non-hydrogen) atoms. The quantitative estimate of drug-likeness (QED) is 0.864. The lowest BCUT2D eigenvalue weighted by atomic mass is 10.2. The smallest absolute Gasteiger partial charge is 0.255 e. The minimum atomic E-state index is -0.454. The number of morpholine rings is 1. The maximum atomic E-state index is 12.2. The molecule has 1 atom stereocenters. The summed E-state index contributed by atoms with van der Waals surface area (Å²) in [7, 11) is 0. The second kappa shape index (κ2) is 7.04. The van der Waals surface area contributed by atoms with E-state index in [1.165, 1.54) is 0 Å². The molecule has 0 bridgehead atoms. The van der Waals surface area contributed by atoms with E-state index in [1.807, 2.05) is 24.3 Å². The van der Waals surface area contributed by atoms with E-state index in [0.29, 0.717) is 25.5 Å². The lowest BCUT2D eigenvalue weighted by Crippen LogP contribution is -2.45. The SMILES string of the molecule is O=C(Nc1ccnn1Cc1ccc(Br)cc1)[C@H]1CNCCO1. The maximum absolute atomic E-state index is 12.2. The molecule has 0 saturated carbocycles. The van der Waals surface area contributed by atoms with Gasteiger partial charge in [0.2, 0.25) is 0 Å². The van der Waals surface area contributed by atoms with Crippen molar-refractivity contribution in [2.75, 3.05) is 25.0 Å². The zero-order valence-corrected chi connectivity index (χ0v) is 13.5. The van der Waals surface area contributed by atoms with Crippen molar-refractivity contribution in [2.45, 2.75) is 12.6 Å². The van der Waals surface area contributed by atoms with Gasteiger partial charge in [-0.15, -0.1) is 0 Å². The average Bonchev–Trinajstić information content (AvgIpc) is 2.97. The molecule has 1 aliphatic rings. The van der Waals surface area contributed by atoms with E-state index < -0.39 is 6.10 Å². The number of nitrogens with zero attached hydrogens (tertiary/aromatic N) is 2. The Morgan fingerprint density at radius 2 is 2.23 bits per heavy atom. The first-order valence-electron chi connectivity index (χ1n) is 7.12. The van der Waals surface area contributed by atoms with Gasteiger partial charge in [0.25, 0.3) is 5.91 Å². The average molecular weight is 365 g/mol. The molecule has 2 aromatic rings. The highest BCUT2D eigenvalue weighted by atomic mass is 79.9. The summed E-state index contributed by atoms with van der Waals surface area (Å²) < 4.78 is 8.25. The summed E-state index contributed by atoms with van der Waals surface area (Å²) in [6.07, 6.45) is 1.22. The largest absolute Gasteiger partial charge is 0.366 e. The molecule has 1 fully saturated rings. The molecular weight excluding hydrogens is 348 g/mol. The van der Waals surface area contributed by atoms with Crippen LogP contribution in [0.1, 0.15) is 5.56 Å². The van der Waals surface area contributed by atoms with E-state index in [0.717, 1.165) is 16.6 Å². The van der Waals surface area contributed by atoms with Gasteiger partial charge in [0, 0.05) is 23.6 Å². The van der Waals surface area contributed by atoms with Crippen LogP contribution < -0.4 is 10.6 Å². The molecule has 6 nitrogen and oxygen atoms in total. The van der Waals surface area contributed by atoms with Gasteiger partial charge in [-0.2, -0.15) is 5.10 Å². The highest BCUT2D eigenvalue weighted by Gasteiger charge is 2.22. The predicted molar refractivity (Wildman–Crippen MR) is 86.7 cm³/mol. The van der Waals surface area contributed by atoms with Gasteiger partial charge in [-0.05, 0) is 17.7 Å². The zero-order chi connectivity index (χ0) is 15.4. The number of carbonyl (C=O) groups excluding carboxylic acids is 1. The Morgan fingerprint density at radius 1 is 1.41 bits per heavy atom. The van der Waals surface area contributed by atoms with Crippen LogP contribution in [0.2, 0.25) is 0 Å². The van der Waals surface area contributed by atoms with E-state index in [4.69, 9.17) is 4.74 Å². The fourth-order valence-corrected chi connectivity index (χ4v) is 2.53. The molecule has 7 heteroatoms. The lowest BCUT2D eigenvalue weighted by Gasteiger charge is -2.22. The van der Waals surface area contributed by atoms with Gasteiger partial charge < -0.3 is 15.4 Å². The Labute approximate surface area is 137 Å². The van der Waals surface area contributed by atoms with Gasteiger partial charge in [-0.3, -0.25) is 4.79 Å². The Morgan fingerprint density at radius 3 is 2.95 bits per heavy atom. The summed E-state index contributed by atoms with van der Waals surface area (Å²) in [6.45, 7) is 2.47. The van der Waals surface area contributed by atoms with E-state index in [-0.39, 0.29) is 5.91 Å². The number of hydrogen-bond donors (Lipinski definition) is 2. The Balaban J connectivity index is 1.66. The molecule has 0 unspecified atom stereocenters. The molecular formula is C15H17BrN4O2. The van der Waals surface area contributed by atoms with E-state index >= 15 is 0 Å². The first-order chi connectivity index (χ1) is 10.7. The summed E-state index contributed by atoms with van der Waals surface area (Å²) >= 11 is 3.42. The first-order valence-corrected chi connectivity index (χ1v) is 7.91. The van der Waals surface area contributed by atoms with Gasteiger partial charge in [-0.1, -0.05) is 28.1 Å². The molecule has 1 aromatic carbocycles. The molecule has 0 spiro atoms. The second-order valence-corrected chi connectivity index (χ2v) is 5.97. The van der Waals surface area contributed by atoms with Crippen LogP contribution in [0, 0.1) is 0 Å². The van der Waals surface area contributed by atoms with E-state index in [1.54, 1.807) is 16.9 Å². The highest BCUT2D eigenvalue weighted by molar-refractivity contribution is 9.10. The van der Waals surface area contributed by atoms with Crippen LogP contribution in [0.25, 0.3) is 0 Å². The Hall–Kier alpha value is -1.70. The van der Waals surface area contributed by atoms with Gasteiger partial charge in [0.05, 0.1) is 19.3 Å². The second-order valence-electron chi connectivity index (χ2n) is 5.05. The maximum Gasteiger partial charge on any atom is 0.255 e. The summed E-state index contributed by atoms with van der Waals surface area (Å²) in [6, 6.07) is 9.79. The summed E-state index contributed by atoms with van der Waals surface area (Å²) in [5.74, 6) is 0.520. The number of aromatic nitrogens is 2. The molecule has 2 N–H and O–H groups in total. The van der Waals surface area contributed by atoms with Crippen LogP contribution in [0.15, 0.2) is 41.0 Å². The normalized spacial score (nSPS) is 18.1. The number of rotatable bonds is 4. The van der Waals surface area contributed by atoms with Crippen LogP contribution >= 0.6 is 15.9 Å². The standard InChI is InChI=1S/C15H17BrN4O2/c16-12-3-1-11(2-4-12)10-20-14(5-6-18-20)19-15(21)13-9-17-7-8-22-13/h1-6,13,17H,7-10H2,(H,19,21)/t13-/m1/s1. The van der Waals surface area contributed by atoms with Crippen molar-refractivity contribution in [1.29, 1.82) is 0 Å². The molecule has 116 valence electrons. The molecule has 1 aromatic heterocycles. The minimum absolute atomic E-state index is 0.148. The van der Waals surface area contributed by atoms with Gasteiger partial charge in [0.15, 0.2) is 0 Å². The van der Waals surface area contributed by atoms with Gasteiger partial charge in [-0.25, -0.2) is 4.68 Å². The lowest BCUT2D eigenvalue weighted by molar-refractivity contribution is -0.128. The van der Waals surface area contributed by atoms with Gasteiger partial charge >= 0.3 is 0 Å². The summed E-state index contributed by atoms with van der Waals surface area (Å²) in [5, 5.41) is 10.3. The molecule has 2 heterocycles. The number of carbonyl (C=O) groups is 1. The van der Waals surface area contributed by atoms with Crippen LogP contribution in [-0.4, -0.2) is 41.5 Å². The molecule has 0 radical (unpaired) electrons. The fraction of sp³-hybridized carbons (Fsp3) is 0.333. The van der Waals surface area contributed by atoms with Crippen molar-refractivity contribution in [3.05, 3.63) is 46.6 Å². The Kier molecular flexibility index (Phi) is 4.87. The third kappa shape index (κ3) is 3.73. The summed E-state index contributed by atoms with van der Waals surface area (Å²) in [4.78, 5) is 12.2. The number of anilines is 1. The molecule has 1 aliphatic heterocycles. The van der Waals surface area contributed by atoms with Crippen molar-refractivity contribution < 1.29 is 9.53 Å². The van der Waals surface area contributed by atoms with Crippen LogP contribution in [-0.2, 0) is 16.1 Å². The van der Waals surface area contributed by atoms with Gasteiger partial charge in [0.1, 0.15) is 11.9 Å². The van der Waals surface area contributed by atoms with Crippen LogP contribution in [0.5, 0.6) is 0 Å². The highest BCUT2D eigenvalue weighted by Crippen LogP contribution is 2.14. The van der Waals surface area contributed by atoms with Crippen molar-refractivity contribution in [3.8, 4) is 0 Å². The molecule has 0 aliphatic carbocycles. The summed E-state index contributed by atoms with van der Waals surface area (Å²) in [5.41, 5.74) is 1.11. The number of hydrogen-bond acceptors (Lipinski definition) is 4. The third-order valence-corrected chi connectivity index (χ3v) is 3.96. The molecule has 3 rings (SSSR count). The van der Waals surface area contributed by atoms with Crippen LogP contribution in [0.3, 0.4) is 0 Å². The number of ether oxygens (including phenoxy) is 1. The number of nitrogens with one attached hydrogen (secondary N) is 2. The van der Waals surface area contributed by atoms with Crippen molar-refractivity contribution in [2.24, 2.45) is 0 Å². The Bertz CT molecular complexity index is 635.